The smallest absolute Gasteiger partial charge is 0.104 e. The maximum Gasteiger partial charge on any atom is 0.104 e. The third kappa shape index (κ3) is 3.87. The van der Waals surface area contributed by atoms with Crippen molar-refractivity contribution in [3.05, 3.63) is 34.9 Å². The maximum atomic E-state index is 5.72. The van der Waals surface area contributed by atoms with E-state index in [1.807, 2.05) is 0 Å². The predicted molar refractivity (Wildman–Crippen MR) is 72.3 cm³/mol. The molecule has 0 fully saturated rings. The van der Waals surface area contributed by atoms with Gasteiger partial charge in [0.25, 0.3) is 0 Å². The molecule has 0 radical (unpaired) electrons. The van der Waals surface area contributed by atoms with Crippen LogP contribution in [0, 0.1) is 0 Å². The first-order valence-electron chi connectivity index (χ1n) is 5.40. The van der Waals surface area contributed by atoms with Gasteiger partial charge in [0, 0.05) is 12.3 Å². The van der Waals surface area contributed by atoms with Gasteiger partial charge >= 0.3 is 0 Å². The minimum Gasteiger partial charge on any atom is -0.387 e. The first kappa shape index (κ1) is 13.1. The highest BCUT2D eigenvalue weighted by molar-refractivity contribution is 7.97. The number of hydrogen-bond acceptors (Lipinski definition) is 3. The lowest BCUT2D eigenvalue weighted by Gasteiger charge is -2.07. The molecule has 0 aliphatic heterocycles. The van der Waals surface area contributed by atoms with Gasteiger partial charge in [0.1, 0.15) is 5.84 Å². The summed E-state index contributed by atoms with van der Waals surface area (Å²) < 4.78 is 4.10. The number of amidine groups is 1. The van der Waals surface area contributed by atoms with Crippen molar-refractivity contribution in [2.24, 2.45) is 15.9 Å². The largest absolute Gasteiger partial charge is 0.387 e. The van der Waals surface area contributed by atoms with Gasteiger partial charge in [0.2, 0.25) is 0 Å². The predicted octanol–water partition coefficient (Wildman–Crippen LogP) is 2.23. The molecule has 4 heteroatoms. The average molecular weight is 237 g/mol. The molecule has 0 aliphatic carbocycles. The van der Waals surface area contributed by atoms with Crippen molar-refractivity contribution in [2.75, 3.05) is 0 Å². The fourth-order valence-electron chi connectivity index (χ4n) is 1.51. The van der Waals surface area contributed by atoms with Crippen LogP contribution in [0.1, 0.15) is 30.5 Å². The van der Waals surface area contributed by atoms with E-state index in [0.717, 1.165) is 12.2 Å². The quantitative estimate of drug-likeness (QED) is 0.469. The van der Waals surface area contributed by atoms with E-state index in [-0.39, 0.29) is 0 Å². The molecular formula is C12H19N3S. The molecule has 3 nitrogen and oxygen atoms in total. The fraction of sp³-hybridized carbons (Fsp3) is 0.417. The van der Waals surface area contributed by atoms with Crippen LogP contribution in [0.5, 0.6) is 0 Å². The molecular weight excluding hydrogens is 218 g/mol. The van der Waals surface area contributed by atoms with Gasteiger partial charge in [-0.05, 0) is 42.0 Å². The molecule has 4 N–H and O–H groups in total. The Bertz CT molecular complexity index is 371. The summed E-state index contributed by atoms with van der Waals surface area (Å²) in [6, 6.07) is 6.44. The SMILES string of the molecule is CCc1ccc(CS/N=C(/C)N)cc1CN. The molecule has 88 valence electrons. The molecule has 16 heavy (non-hydrogen) atoms. The third-order valence-corrected chi connectivity index (χ3v) is 3.19. The van der Waals surface area contributed by atoms with E-state index in [2.05, 4.69) is 29.5 Å². The summed E-state index contributed by atoms with van der Waals surface area (Å²) in [6.45, 7) is 4.53. The van der Waals surface area contributed by atoms with Gasteiger partial charge in [0.05, 0.1) is 0 Å². The molecule has 0 saturated heterocycles. The summed E-state index contributed by atoms with van der Waals surface area (Å²) in [4.78, 5) is 0. The lowest BCUT2D eigenvalue weighted by molar-refractivity contribution is 0.997. The number of rotatable bonds is 5. The van der Waals surface area contributed by atoms with E-state index in [9.17, 15) is 0 Å². The van der Waals surface area contributed by atoms with Crippen LogP contribution >= 0.6 is 11.9 Å². The monoisotopic (exact) mass is 237 g/mol. The molecule has 0 saturated carbocycles. The van der Waals surface area contributed by atoms with Gasteiger partial charge in [-0.25, -0.2) is 4.40 Å². The molecule has 1 rings (SSSR count). The second kappa shape index (κ2) is 6.55. The third-order valence-electron chi connectivity index (χ3n) is 2.31. The van der Waals surface area contributed by atoms with Crippen molar-refractivity contribution in [3.8, 4) is 0 Å². The Morgan fingerprint density at radius 2 is 2.12 bits per heavy atom. The number of nitrogens with zero attached hydrogens (tertiary/aromatic N) is 1. The summed E-state index contributed by atoms with van der Waals surface area (Å²) in [5, 5.41) is 0. The summed E-state index contributed by atoms with van der Waals surface area (Å²) in [7, 11) is 0. The van der Waals surface area contributed by atoms with E-state index in [1.165, 1.54) is 28.6 Å². The minimum absolute atomic E-state index is 0.598. The van der Waals surface area contributed by atoms with E-state index in [1.54, 1.807) is 6.92 Å². The summed E-state index contributed by atoms with van der Waals surface area (Å²) in [6.07, 6.45) is 1.03. The Labute approximate surface area is 101 Å². The van der Waals surface area contributed by atoms with E-state index in [0.29, 0.717) is 12.4 Å². The molecule has 0 amide bonds. The number of aryl methyl sites for hydroxylation is 1. The van der Waals surface area contributed by atoms with E-state index >= 15 is 0 Å². The summed E-state index contributed by atoms with van der Waals surface area (Å²) in [5.41, 5.74) is 15.0. The lowest BCUT2D eigenvalue weighted by Crippen LogP contribution is -2.03. The number of hydrogen-bond donors (Lipinski definition) is 2. The minimum atomic E-state index is 0.598. The Kier molecular flexibility index (Phi) is 5.35. The highest BCUT2D eigenvalue weighted by atomic mass is 32.2. The molecule has 0 atom stereocenters. The molecule has 0 aliphatic rings. The van der Waals surface area contributed by atoms with Gasteiger partial charge in [-0.3, -0.25) is 0 Å². The normalized spacial score (nSPS) is 11.8. The highest BCUT2D eigenvalue weighted by Gasteiger charge is 2.01. The van der Waals surface area contributed by atoms with Gasteiger partial charge in [-0.1, -0.05) is 25.1 Å². The highest BCUT2D eigenvalue weighted by Crippen LogP contribution is 2.17. The zero-order chi connectivity index (χ0) is 12.0. The van der Waals surface area contributed by atoms with Crippen LogP contribution in [0.2, 0.25) is 0 Å². The van der Waals surface area contributed by atoms with Crippen LogP contribution in [0.25, 0.3) is 0 Å². The van der Waals surface area contributed by atoms with Crippen LogP contribution in [0.3, 0.4) is 0 Å². The van der Waals surface area contributed by atoms with Gasteiger partial charge < -0.3 is 11.5 Å². The molecule has 1 aromatic carbocycles. The van der Waals surface area contributed by atoms with Gasteiger partial charge in [0.15, 0.2) is 0 Å². The second-order valence-electron chi connectivity index (χ2n) is 3.67. The summed E-state index contributed by atoms with van der Waals surface area (Å²) >= 11 is 1.47. The average Bonchev–Trinajstić information content (AvgIpc) is 2.28. The number of benzene rings is 1. The Hall–Kier alpha value is -1.00. The number of nitrogens with two attached hydrogens (primary N) is 2. The topological polar surface area (TPSA) is 64.4 Å². The Morgan fingerprint density at radius 3 is 2.69 bits per heavy atom. The molecule has 0 aromatic heterocycles. The van der Waals surface area contributed by atoms with Crippen LogP contribution in [0.4, 0.5) is 0 Å². The van der Waals surface area contributed by atoms with Crippen LogP contribution in [-0.2, 0) is 18.7 Å². The maximum absolute atomic E-state index is 5.72. The van der Waals surface area contributed by atoms with Crippen LogP contribution < -0.4 is 11.5 Å². The standard InChI is InChI=1S/C12H19N3S/c1-3-11-5-4-10(6-12(11)7-13)8-16-15-9(2)14/h4-6H,3,7-8,13H2,1-2H3,(H2,14,15). The Morgan fingerprint density at radius 1 is 1.38 bits per heavy atom. The van der Waals surface area contributed by atoms with Crippen LogP contribution in [0.15, 0.2) is 22.6 Å². The van der Waals surface area contributed by atoms with Crippen molar-refractivity contribution in [1.82, 2.24) is 0 Å². The van der Waals surface area contributed by atoms with E-state index < -0.39 is 0 Å². The second-order valence-corrected chi connectivity index (χ2v) is 4.40. The fourth-order valence-corrected chi connectivity index (χ4v) is 2.11. The molecule has 0 bridgehead atoms. The van der Waals surface area contributed by atoms with Crippen molar-refractivity contribution in [3.63, 3.8) is 0 Å². The van der Waals surface area contributed by atoms with Crippen molar-refractivity contribution >= 4 is 17.8 Å². The first-order chi connectivity index (χ1) is 7.67. The molecule has 1 aromatic rings. The zero-order valence-electron chi connectivity index (χ0n) is 9.86. The van der Waals surface area contributed by atoms with Gasteiger partial charge in [-0.15, -0.1) is 0 Å². The van der Waals surface area contributed by atoms with Gasteiger partial charge in [-0.2, -0.15) is 0 Å². The molecule has 0 unspecified atom stereocenters. The molecule has 0 heterocycles. The van der Waals surface area contributed by atoms with Crippen molar-refractivity contribution in [1.29, 1.82) is 0 Å². The molecule has 0 spiro atoms. The van der Waals surface area contributed by atoms with Crippen LogP contribution in [-0.4, -0.2) is 5.84 Å². The van der Waals surface area contributed by atoms with E-state index in [4.69, 9.17) is 11.5 Å². The van der Waals surface area contributed by atoms with Crippen molar-refractivity contribution < 1.29 is 0 Å². The Balaban J connectivity index is 2.71. The zero-order valence-corrected chi connectivity index (χ0v) is 10.7. The van der Waals surface area contributed by atoms with Crippen molar-refractivity contribution in [2.45, 2.75) is 32.6 Å². The summed E-state index contributed by atoms with van der Waals surface area (Å²) in [5.74, 6) is 1.44. The lowest BCUT2D eigenvalue weighted by atomic mass is 10.0. The first-order valence-corrected chi connectivity index (χ1v) is 6.34.